The standard InChI is InChI=1S/C19H12ClI2NO5S/c20-12-3-1-10(2-4-12)8-23-18(26)15(29-19(23)27)7-11-5-13(21)17(14(22)6-11)28-9-16(24)25/h1-7H,8-9H2,(H,24,25)/b15-7-. The maximum atomic E-state index is 12.7. The molecule has 6 nitrogen and oxygen atoms in total. The Bertz CT molecular complexity index is 1000. The molecule has 29 heavy (non-hydrogen) atoms. The zero-order valence-electron chi connectivity index (χ0n) is 14.5. The zero-order valence-corrected chi connectivity index (χ0v) is 20.4. The molecule has 2 aromatic carbocycles. The Balaban J connectivity index is 1.80. The van der Waals surface area contributed by atoms with Crippen LogP contribution in [0.15, 0.2) is 41.3 Å². The van der Waals surface area contributed by atoms with E-state index >= 15 is 0 Å². The number of carbonyl (C=O) groups is 3. The number of halogens is 3. The van der Waals surface area contributed by atoms with Crippen molar-refractivity contribution in [3.8, 4) is 5.75 Å². The second-order valence-electron chi connectivity index (χ2n) is 5.89. The van der Waals surface area contributed by atoms with Gasteiger partial charge in [0.2, 0.25) is 0 Å². The SMILES string of the molecule is O=C(O)COc1c(I)cc(/C=C2\SC(=O)N(Cc3ccc(Cl)cc3)C2=O)cc1I. The maximum Gasteiger partial charge on any atom is 0.341 e. The predicted molar refractivity (Wildman–Crippen MR) is 128 cm³/mol. The molecule has 10 heteroatoms. The smallest absolute Gasteiger partial charge is 0.341 e. The normalized spacial score (nSPS) is 15.3. The first-order valence-corrected chi connectivity index (χ1v) is 11.4. The van der Waals surface area contributed by atoms with Gasteiger partial charge in [0.25, 0.3) is 11.1 Å². The second kappa shape index (κ2) is 9.67. The molecule has 1 aliphatic heterocycles. The first kappa shape index (κ1) is 22.4. The minimum atomic E-state index is -1.06. The highest BCUT2D eigenvalue weighted by Crippen LogP contribution is 2.35. The molecule has 1 saturated heterocycles. The van der Waals surface area contributed by atoms with E-state index in [1.54, 1.807) is 42.5 Å². The summed E-state index contributed by atoms with van der Waals surface area (Å²) in [6.45, 7) is -0.259. The summed E-state index contributed by atoms with van der Waals surface area (Å²) < 4.78 is 6.73. The fourth-order valence-electron chi connectivity index (χ4n) is 2.49. The summed E-state index contributed by atoms with van der Waals surface area (Å²) in [4.78, 5) is 37.3. The summed E-state index contributed by atoms with van der Waals surface area (Å²) >= 11 is 10.8. The molecule has 0 bridgehead atoms. The summed E-state index contributed by atoms with van der Waals surface area (Å²) in [6, 6.07) is 10.5. The van der Waals surface area contributed by atoms with Crippen LogP contribution < -0.4 is 4.74 Å². The predicted octanol–water partition coefficient (Wildman–Crippen LogP) is 5.25. The number of carboxylic acids is 1. The van der Waals surface area contributed by atoms with Crippen LogP contribution in [0.25, 0.3) is 6.08 Å². The molecule has 0 saturated carbocycles. The third kappa shape index (κ3) is 5.64. The monoisotopic (exact) mass is 655 g/mol. The van der Waals surface area contributed by atoms with Crippen LogP contribution in [0.3, 0.4) is 0 Å². The van der Waals surface area contributed by atoms with E-state index in [0.29, 0.717) is 22.8 Å². The number of amides is 2. The molecular formula is C19H12ClI2NO5S. The van der Waals surface area contributed by atoms with Crippen molar-refractivity contribution >= 4 is 91.7 Å². The highest BCUT2D eigenvalue weighted by atomic mass is 127. The van der Waals surface area contributed by atoms with Gasteiger partial charge in [-0.05, 0) is 98.4 Å². The summed E-state index contributed by atoms with van der Waals surface area (Å²) in [7, 11) is 0. The molecule has 0 aromatic heterocycles. The molecule has 2 aromatic rings. The lowest BCUT2D eigenvalue weighted by molar-refractivity contribution is -0.139. The number of ether oxygens (including phenoxy) is 1. The van der Waals surface area contributed by atoms with Gasteiger partial charge in [-0.2, -0.15) is 0 Å². The van der Waals surface area contributed by atoms with Crippen molar-refractivity contribution in [3.63, 3.8) is 0 Å². The molecule has 150 valence electrons. The topological polar surface area (TPSA) is 83.9 Å². The Hall–Kier alpha value is -1.31. The molecule has 2 amide bonds. The van der Waals surface area contributed by atoms with Crippen molar-refractivity contribution in [1.29, 1.82) is 0 Å². The van der Waals surface area contributed by atoms with E-state index in [9.17, 15) is 14.4 Å². The number of carbonyl (C=O) groups excluding carboxylic acids is 2. The van der Waals surface area contributed by atoms with E-state index in [-0.39, 0.29) is 17.7 Å². The number of aliphatic carboxylic acids is 1. The van der Waals surface area contributed by atoms with Gasteiger partial charge in [0.1, 0.15) is 5.75 Å². The van der Waals surface area contributed by atoms with Crippen LogP contribution in [0.4, 0.5) is 4.79 Å². The first-order valence-electron chi connectivity index (χ1n) is 8.08. The average Bonchev–Trinajstić information content (AvgIpc) is 2.90. The van der Waals surface area contributed by atoms with Crippen molar-refractivity contribution in [2.75, 3.05) is 6.61 Å². The van der Waals surface area contributed by atoms with Crippen LogP contribution in [0.2, 0.25) is 5.02 Å². The zero-order chi connectivity index (χ0) is 21.1. The van der Waals surface area contributed by atoms with Crippen LogP contribution >= 0.6 is 68.5 Å². The molecule has 1 aliphatic rings. The molecular weight excluding hydrogens is 644 g/mol. The Morgan fingerprint density at radius 3 is 2.38 bits per heavy atom. The van der Waals surface area contributed by atoms with Crippen LogP contribution in [0.1, 0.15) is 11.1 Å². The van der Waals surface area contributed by atoms with E-state index in [1.807, 2.05) is 45.2 Å². The quantitative estimate of drug-likeness (QED) is 0.339. The van der Waals surface area contributed by atoms with Crippen molar-refractivity contribution in [2.45, 2.75) is 6.54 Å². The molecule has 0 aliphatic carbocycles. The third-order valence-corrected chi connectivity index (χ3v) is 6.55. The number of nitrogens with zero attached hydrogens (tertiary/aromatic N) is 1. The van der Waals surface area contributed by atoms with E-state index in [0.717, 1.165) is 22.9 Å². The fraction of sp³-hybridized carbons (Fsp3) is 0.105. The molecule has 1 N–H and O–H groups in total. The highest BCUT2D eigenvalue weighted by molar-refractivity contribution is 14.1. The number of rotatable bonds is 6. The maximum absolute atomic E-state index is 12.7. The fourth-order valence-corrected chi connectivity index (χ4v) is 5.59. The Morgan fingerprint density at radius 1 is 1.17 bits per heavy atom. The van der Waals surface area contributed by atoms with Gasteiger partial charge in [0, 0.05) is 5.02 Å². The lowest BCUT2D eigenvalue weighted by Crippen LogP contribution is -2.27. The molecule has 1 heterocycles. The molecule has 0 atom stereocenters. The number of thioether (sulfide) groups is 1. The summed E-state index contributed by atoms with van der Waals surface area (Å²) in [6.07, 6.45) is 1.65. The number of carboxylic acid groups (broad SMARTS) is 1. The van der Waals surface area contributed by atoms with Crippen LogP contribution in [0, 0.1) is 7.14 Å². The molecule has 3 rings (SSSR count). The number of imide groups is 1. The van der Waals surface area contributed by atoms with Gasteiger partial charge in [-0.3, -0.25) is 14.5 Å². The van der Waals surface area contributed by atoms with Crippen LogP contribution in [-0.4, -0.2) is 33.7 Å². The van der Waals surface area contributed by atoms with E-state index in [1.165, 1.54) is 4.90 Å². The van der Waals surface area contributed by atoms with Crippen molar-refractivity contribution < 1.29 is 24.2 Å². The average molecular weight is 656 g/mol. The third-order valence-electron chi connectivity index (χ3n) is 3.79. The molecule has 1 fully saturated rings. The number of benzene rings is 2. The second-order valence-corrected chi connectivity index (χ2v) is 9.64. The molecule has 0 unspecified atom stereocenters. The number of hydrogen-bond acceptors (Lipinski definition) is 5. The summed E-state index contributed by atoms with van der Waals surface area (Å²) in [5, 5.41) is 9.03. The van der Waals surface area contributed by atoms with Crippen LogP contribution in [-0.2, 0) is 16.1 Å². The van der Waals surface area contributed by atoms with Gasteiger partial charge in [-0.15, -0.1) is 0 Å². The Morgan fingerprint density at radius 2 is 1.79 bits per heavy atom. The van der Waals surface area contributed by atoms with Gasteiger partial charge in [0.05, 0.1) is 18.6 Å². The minimum absolute atomic E-state index is 0.177. The lowest BCUT2D eigenvalue weighted by Gasteiger charge is -2.12. The first-order chi connectivity index (χ1) is 13.7. The Kier molecular flexibility index (Phi) is 7.46. The lowest BCUT2D eigenvalue weighted by atomic mass is 10.2. The summed E-state index contributed by atoms with van der Waals surface area (Å²) in [5.74, 6) is -0.942. The largest absolute Gasteiger partial charge is 0.480 e. The van der Waals surface area contributed by atoms with E-state index in [4.69, 9.17) is 21.4 Å². The molecule has 0 radical (unpaired) electrons. The Labute approximate surface area is 202 Å². The summed E-state index contributed by atoms with van der Waals surface area (Å²) in [5.41, 5.74) is 1.53. The van der Waals surface area contributed by atoms with E-state index in [2.05, 4.69) is 0 Å². The van der Waals surface area contributed by atoms with Gasteiger partial charge in [-0.1, -0.05) is 23.7 Å². The van der Waals surface area contributed by atoms with Crippen molar-refractivity contribution in [3.05, 3.63) is 64.6 Å². The number of hydrogen-bond donors (Lipinski definition) is 1. The van der Waals surface area contributed by atoms with Crippen molar-refractivity contribution in [2.24, 2.45) is 0 Å². The van der Waals surface area contributed by atoms with Crippen molar-refractivity contribution in [1.82, 2.24) is 4.90 Å². The van der Waals surface area contributed by atoms with Gasteiger partial charge in [-0.25, -0.2) is 4.79 Å². The minimum Gasteiger partial charge on any atom is -0.480 e. The highest BCUT2D eigenvalue weighted by Gasteiger charge is 2.35. The van der Waals surface area contributed by atoms with Gasteiger partial charge in [0.15, 0.2) is 6.61 Å². The van der Waals surface area contributed by atoms with Gasteiger partial charge < -0.3 is 9.84 Å². The van der Waals surface area contributed by atoms with Crippen LogP contribution in [0.5, 0.6) is 5.75 Å². The van der Waals surface area contributed by atoms with E-state index < -0.39 is 12.6 Å². The van der Waals surface area contributed by atoms with Gasteiger partial charge >= 0.3 is 5.97 Å². The molecule has 0 spiro atoms.